The van der Waals surface area contributed by atoms with Crippen LogP contribution in [0.2, 0.25) is 0 Å². The van der Waals surface area contributed by atoms with Gasteiger partial charge in [-0.1, -0.05) is 63.2 Å². The molecule has 0 N–H and O–H groups in total. The highest BCUT2D eigenvalue weighted by molar-refractivity contribution is 5.98. The molecular formula is C26H21F3O4. The molecule has 0 fully saturated rings. The van der Waals surface area contributed by atoms with Crippen LogP contribution in [0.15, 0.2) is 69.9 Å². The Kier molecular flexibility index (Phi) is 5.52. The van der Waals surface area contributed by atoms with Crippen LogP contribution in [0.25, 0.3) is 32.9 Å². The summed E-state index contributed by atoms with van der Waals surface area (Å²) in [5.41, 5.74) is -1.86. The van der Waals surface area contributed by atoms with Crippen LogP contribution in [-0.2, 0) is 11.0 Å². The topological polar surface area (TPSA) is 56.5 Å². The molecule has 0 saturated heterocycles. The standard InChI is InChI=1S/C26H21F3O4/c1-25(2,3)14-21(30)32-16-11-12-19-20(13-16)33-24(26(27,28)29)22(23(19)31)18-10-6-8-15-7-4-5-9-17(15)18/h4-13H,14H2,1-3H3. The second-order valence-electron chi connectivity index (χ2n) is 9.03. The van der Waals surface area contributed by atoms with Gasteiger partial charge in [0.15, 0.2) is 0 Å². The monoisotopic (exact) mass is 454 g/mol. The maximum Gasteiger partial charge on any atom is 0.450 e. The van der Waals surface area contributed by atoms with Crippen LogP contribution in [0.4, 0.5) is 13.2 Å². The molecule has 4 nitrogen and oxygen atoms in total. The summed E-state index contributed by atoms with van der Waals surface area (Å²) in [4.78, 5) is 25.4. The first-order chi connectivity index (χ1) is 15.4. The van der Waals surface area contributed by atoms with Gasteiger partial charge in [-0.15, -0.1) is 0 Å². The summed E-state index contributed by atoms with van der Waals surface area (Å²) in [5.74, 6) is -1.92. The summed E-state index contributed by atoms with van der Waals surface area (Å²) in [7, 11) is 0. The molecule has 170 valence electrons. The lowest BCUT2D eigenvalue weighted by Crippen LogP contribution is -2.18. The summed E-state index contributed by atoms with van der Waals surface area (Å²) in [6.07, 6.45) is -4.80. The van der Waals surface area contributed by atoms with Gasteiger partial charge in [0.2, 0.25) is 11.2 Å². The van der Waals surface area contributed by atoms with E-state index in [1.54, 1.807) is 36.4 Å². The van der Waals surface area contributed by atoms with Gasteiger partial charge in [0.05, 0.1) is 17.4 Å². The fourth-order valence-corrected chi connectivity index (χ4v) is 3.73. The van der Waals surface area contributed by atoms with Crippen molar-refractivity contribution in [2.45, 2.75) is 33.4 Å². The zero-order valence-electron chi connectivity index (χ0n) is 18.2. The van der Waals surface area contributed by atoms with Crippen LogP contribution in [0.3, 0.4) is 0 Å². The highest BCUT2D eigenvalue weighted by Crippen LogP contribution is 2.39. The maximum atomic E-state index is 14.0. The third-order valence-electron chi connectivity index (χ3n) is 5.09. The molecule has 0 atom stereocenters. The number of hydrogen-bond donors (Lipinski definition) is 0. The quantitative estimate of drug-likeness (QED) is 0.248. The first kappa shape index (κ1) is 22.6. The molecule has 1 aromatic heterocycles. The minimum Gasteiger partial charge on any atom is -0.450 e. The predicted octanol–water partition coefficient (Wildman–Crippen LogP) is 6.97. The van der Waals surface area contributed by atoms with Crippen molar-refractivity contribution >= 4 is 27.7 Å². The number of hydrogen-bond acceptors (Lipinski definition) is 4. The van der Waals surface area contributed by atoms with Gasteiger partial charge in [-0.05, 0) is 33.9 Å². The van der Waals surface area contributed by atoms with Crippen LogP contribution >= 0.6 is 0 Å². The van der Waals surface area contributed by atoms with Crippen molar-refractivity contribution in [1.29, 1.82) is 0 Å². The Morgan fingerprint density at radius 1 is 0.939 bits per heavy atom. The summed E-state index contributed by atoms with van der Waals surface area (Å²) in [6.45, 7) is 5.58. The van der Waals surface area contributed by atoms with Gasteiger partial charge >= 0.3 is 12.1 Å². The van der Waals surface area contributed by atoms with Gasteiger partial charge in [0, 0.05) is 6.07 Å². The van der Waals surface area contributed by atoms with Gasteiger partial charge in [0.1, 0.15) is 11.3 Å². The van der Waals surface area contributed by atoms with Crippen LogP contribution < -0.4 is 10.2 Å². The van der Waals surface area contributed by atoms with E-state index in [-0.39, 0.29) is 34.1 Å². The number of fused-ring (bicyclic) bond motifs is 2. The van der Waals surface area contributed by atoms with Crippen molar-refractivity contribution in [3.63, 3.8) is 0 Å². The molecule has 4 aromatic rings. The number of benzene rings is 3. The zero-order valence-corrected chi connectivity index (χ0v) is 18.2. The van der Waals surface area contributed by atoms with Crippen molar-refractivity contribution in [3.05, 3.63) is 76.6 Å². The fourth-order valence-electron chi connectivity index (χ4n) is 3.73. The van der Waals surface area contributed by atoms with E-state index in [9.17, 15) is 22.8 Å². The number of rotatable bonds is 3. The van der Waals surface area contributed by atoms with E-state index in [1.165, 1.54) is 18.2 Å². The Labute approximate surface area is 187 Å². The average Bonchev–Trinajstić information content (AvgIpc) is 2.71. The van der Waals surface area contributed by atoms with Crippen LogP contribution in [0.5, 0.6) is 5.75 Å². The smallest absolute Gasteiger partial charge is 0.450 e. The molecule has 0 spiro atoms. The summed E-state index contributed by atoms with van der Waals surface area (Å²) in [6, 6.07) is 15.5. The number of ether oxygens (including phenoxy) is 1. The first-order valence-corrected chi connectivity index (χ1v) is 10.3. The van der Waals surface area contributed by atoms with Gasteiger partial charge in [-0.25, -0.2) is 0 Å². The van der Waals surface area contributed by atoms with Crippen LogP contribution in [0, 0.1) is 5.41 Å². The Hall–Kier alpha value is -3.61. The van der Waals surface area contributed by atoms with E-state index >= 15 is 0 Å². The molecule has 33 heavy (non-hydrogen) atoms. The van der Waals surface area contributed by atoms with Gasteiger partial charge in [-0.2, -0.15) is 13.2 Å². The Balaban J connectivity index is 1.91. The Morgan fingerprint density at radius 3 is 2.33 bits per heavy atom. The number of esters is 1. The molecule has 0 aliphatic carbocycles. The number of alkyl halides is 3. The predicted molar refractivity (Wildman–Crippen MR) is 120 cm³/mol. The van der Waals surface area contributed by atoms with Gasteiger partial charge < -0.3 is 9.15 Å². The lowest BCUT2D eigenvalue weighted by molar-refractivity contribution is -0.152. The van der Waals surface area contributed by atoms with Crippen LogP contribution in [0.1, 0.15) is 33.0 Å². The second-order valence-corrected chi connectivity index (χ2v) is 9.03. The maximum absolute atomic E-state index is 14.0. The van der Waals surface area contributed by atoms with Crippen molar-refractivity contribution in [2.75, 3.05) is 0 Å². The lowest BCUT2D eigenvalue weighted by atomic mass is 9.92. The van der Waals surface area contributed by atoms with E-state index in [2.05, 4.69) is 0 Å². The Bertz CT molecular complexity index is 1420. The molecule has 4 rings (SSSR count). The highest BCUT2D eigenvalue weighted by Gasteiger charge is 2.39. The number of carbonyl (C=O) groups excluding carboxylic acids is 1. The average molecular weight is 454 g/mol. The van der Waals surface area contributed by atoms with Gasteiger partial charge in [0.25, 0.3) is 0 Å². The zero-order chi connectivity index (χ0) is 24.0. The fraction of sp³-hybridized carbons (Fsp3) is 0.231. The molecular weight excluding hydrogens is 433 g/mol. The van der Waals surface area contributed by atoms with Crippen LogP contribution in [-0.4, -0.2) is 5.97 Å². The van der Waals surface area contributed by atoms with E-state index in [4.69, 9.17) is 9.15 Å². The van der Waals surface area contributed by atoms with E-state index < -0.39 is 28.9 Å². The SMILES string of the molecule is CC(C)(C)CC(=O)Oc1ccc2c(=O)c(-c3cccc4ccccc34)c(C(F)(F)F)oc2c1. The molecule has 7 heteroatoms. The van der Waals surface area contributed by atoms with E-state index in [0.29, 0.717) is 10.8 Å². The first-order valence-electron chi connectivity index (χ1n) is 10.3. The molecule has 0 amide bonds. The summed E-state index contributed by atoms with van der Waals surface area (Å²) < 4.78 is 52.6. The van der Waals surface area contributed by atoms with Crippen molar-refractivity contribution < 1.29 is 27.1 Å². The molecule has 3 aromatic carbocycles. The molecule has 0 aliphatic heterocycles. The third-order valence-corrected chi connectivity index (χ3v) is 5.09. The minimum atomic E-state index is -4.92. The highest BCUT2D eigenvalue weighted by atomic mass is 19.4. The largest absolute Gasteiger partial charge is 0.450 e. The molecule has 0 aliphatic rings. The number of halogens is 3. The second kappa shape index (κ2) is 8.06. The van der Waals surface area contributed by atoms with Crippen molar-refractivity contribution in [2.24, 2.45) is 5.41 Å². The normalized spacial score (nSPS) is 12.3. The van der Waals surface area contributed by atoms with Crippen molar-refractivity contribution in [3.8, 4) is 16.9 Å². The molecule has 0 radical (unpaired) electrons. The number of carbonyl (C=O) groups is 1. The van der Waals surface area contributed by atoms with Gasteiger partial charge in [-0.3, -0.25) is 9.59 Å². The molecule has 0 bridgehead atoms. The summed E-state index contributed by atoms with van der Waals surface area (Å²) in [5, 5.41) is 1.16. The molecule has 0 unspecified atom stereocenters. The van der Waals surface area contributed by atoms with Crippen molar-refractivity contribution in [1.82, 2.24) is 0 Å². The summed E-state index contributed by atoms with van der Waals surface area (Å²) >= 11 is 0. The lowest BCUT2D eigenvalue weighted by Gasteiger charge is -2.17. The minimum absolute atomic E-state index is 0.00550. The molecule has 1 heterocycles. The van der Waals surface area contributed by atoms with E-state index in [1.807, 2.05) is 20.8 Å². The Morgan fingerprint density at radius 2 is 1.64 bits per heavy atom. The third kappa shape index (κ3) is 4.62. The molecule has 0 saturated carbocycles. The van der Waals surface area contributed by atoms with E-state index in [0.717, 1.165) is 6.07 Å².